The summed E-state index contributed by atoms with van der Waals surface area (Å²) in [5.74, 6) is -3.63. The van der Waals surface area contributed by atoms with Crippen LogP contribution in [0.25, 0.3) is 11.0 Å². The molecule has 4 aliphatic heterocycles. The molecule has 3 amide bonds. The van der Waals surface area contributed by atoms with Crippen molar-refractivity contribution in [1.82, 2.24) is 30.1 Å². The number of esters is 1. The van der Waals surface area contributed by atoms with Crippen LogP contribution in [0.4, 0.5) is 0 Å². The number of hydrogen-bond acceptors (Lipinski definition) is 9. The van der Waals surface area contributed by atoms with Crippen molar-refractivity contribution >= 4 is 34.7 Å². The van der Waals surface area contributed by atoms with E-state index in [1.165, 1.54) is 4.90 Å². The number of aliphatic hydroxyl groups is 1. The highest BCUT2D eigenvalue weighted by molar-refractivity contribution is 5.99. The van der Waals surface area contributed by atoms with Crippen LogP contribution in [0.2, 0.25) is 0 Å². The molecule has 6 atom stereocenters. The maximum Gasteiger partial charge on any atom is 0.313 e. The Morgan fingerprint density at radius 1 is 0.979 bits per heavy atom. The van der Waals surface area contributed by atoms with Crippen molar-refractivity contribution < 1.29 is 33.8 Å². The minimum absolute atomic E-state index is 0.0592. The summed E-state index contributed by atoms with van der Waals surface area (Å²) in [4.78, 5) is 59.1. The van der Waals surface area contributed by atoms with Gasteiger partial charge in [0.15, 0.2) is 0 Å². The number of allylic oxidation sites excluding steroid dienone is 1. The second-order valence-electron chi connectivity index (χ2n) is 12.6. The lowest BCUT2D eigenvalue weighted by Gasteiger charge is -2.35. The Bertz CT molecular complexity index is 1760. The molecular weight excluding hydrogens is 616 g/mol. The number of likely N-dealkylation sites (tertiary alicyclic amines) is 1. The van der Waals surface area contributed by atoms with Gasteiger partial charge in [-0.25, -0.2) is 4.68 Å². The smallest absolute Gasteiger partial charge is 0.313 e. The van der Waals surface area contributed by atoms with Gasteiger partial charge in [-0.15, -0.1) is 5.10 Å². The molecule has 0 unspecified atom stereocenters. The summed E-state index contributed by atoms with van der Waals surface area (Å²) in [7, 11) is 0. The zero-order valence-electron chi connectivity index (χ0n) is 26.4. The standard InChI is InChI=1S/C35H38N6O7/c42-20-9-8-19-40-31-33(45)39(22-41-25-14-5-4-13-24(25)37-38-41)18-10-17-35(31)30(32(40)44)29-26(48-35)15-6-7-16-28(43)36-21-27(47-34(29)46)23-11-2-1-3-12-23/h1-6,10-15,17,26-27,29-31,42H,7-9,16,18-22H2,(H,36,43)/b15-6-/t26-,27+,29+,30+,31-,35+/m0/s1. The van der Waals surface area contributed by atoms with Gasteiger partial charge in [0.05, 0.1) is 24.1 Å². The van der Waals surface area contributed by atoms with Crippen molar-refractivity contribution in [3.63, 3.8) is 0 Å². The average molecular weight is 655 g/mol. The van der Waals surface area contributed by atoms with Gasteiger partial charge in [0, 0.05) is 26.1 Å². The highest BCUT2D eigenvalue weighted by Crippen LogP contribution is 2.53. The maximum atomic E-state index is 14.6. The van der Waals surface area contributed by atoms with E-state index in [0.717, 1.165) is 5.52 Å². The summed E-state index contributed by atoms with van der Waals surface area (Å²) in [6.07, 6.45) is 6.93. The van der Waals surface area contributed by atoms with Gasteiger partial charge in [0.25, 0.3) is 5.91 Å². The Labute approximate surface area is 277 Å². The maximum absolute atomic E-state index is 14.6. The normalized spacial score (nSPS) is 29.7. The molecule has 5 heterocycles. The summed E-state index contributed by atoms with van der Waals surface area (Å²) in [5.41, 5.74) is 0.697. The number of carbonyl (C=O) groups is 4. The predicted molar refractivity (Wildman–Crippen MR) is 171 cm³/mol. The second kappa shape index (κ2) is 13.3. The number of carbonyl (C=O) groups excluding carboxylic acids is 4. The van der Waals surface area contributed by atoms with Crippen LogP contribution < -0.4 is 5.32 Å². The summed E-state index contributed by atoms with van der Waals surface area (Å²) in [6.45, 7) is 0.525. The van der Waals surface area contributed by atoms with Crippen LogP contribution in [0, 0.1) is 11.8 Å². The largest absolute Gasteiger partial charge is 0.455 e. The number of fused-ring (bicyclic) bond motifs is 3. The Morgan fingerprint density at radius 3 is 2.62 bits per heavy atom. The topological polar surface area (TPSA) is 156 Å². The molecule has 1 aromatic heterocycles. The van der Waals surface area contributed by atoms with Gasteiger partial charge < -0.3 is 29.7 Å². The van der Waals surface area contributed by atoms with E-state index in [1.54, 1.807) is 27.8 Å². The molecule has 0 aliphatic carbocycles. The first-order chi connectivity index (χ1) is 23.4. The number of aromatic nitrogens is 3. The number of nitrogens with zero attached hydrogens (tertiary/aromatic N) is 5. The van der Waals surface area contributed by atoms with Gasteiger partial charge >= 0.3 is 5.97 Å². The van der Waals surface area contributed by atoms with E-state index in [9.17, 15) is 24.3 Å². The summed E-state index contributed by atoms with van der Waals surface area (Å²) in [5, 5.41) is 20.9. The fourth-order valence-corrected chi connectivity index (χ4v) is 7.40. The molecule has 1 spiro atoms. The van der Waals surface area contributed by atoms with Crippen molar-refractivity contribution in [2.24, 2.45) is 11.8 Å². The van der Waals surface area contributed by atoms with Crippen LogP contribution in [0.3, 0.4) is 0 Å². The Hall–Kier alpha value is -4.88. The van der Waals surface area contributed by atoms with Crippen LogP contribution in [0.5, 0.6) is 0 Å². The second-order valence-corrected chi connectivity index (χ2v) is 12.6. The minimum atomic E-state index is -1.46. The SMILES string of the molecule is O=C1CC/C=C\[C@@H]2O[C@@]34C=CCN(Cn5nnc6ccccc65)C(=O)[C@@H]3N(CCCCO)C(=O)[C@H]4[C@@H]2C(=O)O[C@@H](c2ccccc2)CN1. The first kappa shape index (κ1) is 31.7. The van der Waals surface area contributed by atoms with Crippen LogP contribution in [0.15, 0.2) is 78.9 Å². The lowest BCUT2D eigenvalue weighted by molar-refractivity contribution is -0.160. The monoisotopic (exact) mass is 654 g/mol. The van der Waals surface area contributed by atoms with Crippen LogP contribution >= 0.6 is 0 Å². The number of cyclic esters (lactones) is 1. The summed E-state index contributed by atoms with van der Waals surface area (Å²) < 4.78 is 14.5. The van der Waals surface area contributed by atoms with Gasteiger partial charge in [-0.05, 0) is 37.0 Å². The zero-order chi connectivity index (χ0) is 33.3. The Morgan fingerprint density at radius 2 is 1.79 bits per heavy atom. The molecule has 13 heteroatoms. The van der Waals surface area contributed by atoms with Gasteiger partial charge in [-0.1, -0.05) is 72.0 Å². The van der Waals surface area contributed by atoms with Crippen LogP contribution in [-0.2, 0) is 35.3 Å². The van der Waals surface area contributed by atoms with Gasteiger partial charge in [-0.3, -0.25) is 19.2 Å². The van der Waals surface area contributed by atoms with Gasteiger partial charge in [0.1, 0.15) is 35.9 Å². The highest BCUT2D eigenvalue weighted by Gasteiger charge is 2.71. The quantitative estimate of drug-likeness (QED) is 0.221. The number of para-hydroxylation sites is 1. The molecular formula is C35H38N6O7. The van der Waals surface area contributed by atoms with E-state index in [1.807, 2.05) is 60.7 Å². The molecule has 48 heavy (non-hydrogen) atoms. The van der Waals surface area contributed by atoms with Gasteiger partial charge in [0.2, 0.25) is 11.8 Å². The van der Waals surface area contributed by atoms with E-state index in [-0.39, 0.29) is 57.1 Å². The Kier molecular flexibility index (Phi) is 8.80. The van der Waals surface area contributed by atoms with Crippen LogP contribution in [-0.4, -0.2) is 97.6 Å². The number of aliphatic hydroxyl groups excluding tert-OH is 1. The Balaban J connectivity index is 1.26. The molecule has 2 N–H and O–H groups in total. The summed E-state index contributed by atoms with van der Waals surface area (Å²) in [6, 6.07) is 15.5. The number of rotatable bonds is 7. The third-order valence-corrected chi connectivity index (χ3v) is 9.66. The third kappa shape index (κ3) is 5.66. The molecule has 2 aromatic carbocycles. The third-order valence-electron chi connectivity index (χ3n) is 9.66. The number of benzene rings is 2. The first-order valence-corrected chi connectivity index (χ1v) is 16.4. The molecule has 2 saturated heterocycles. The fraction of sp³-hybridized carbons (Fsp3) is 0.429. The lowest BCUT2D eigenvalue weighted by atomic mass is 9.78. The van der Waals surface area contributed by atoms with Crippen LogP contribution in [0.1, 0.15) is 37.4 Å². The molecule has 0 saturated carbocycles. The lowest BCUT2D eigenvalue weighted by Crippen LogP contribution is -2.55. The number of amides is 3. The molecule has 3 aromatic rings. The van der Waals surface area contributed by atoms with Crippen molar-refractivity contribution in [2.45, 2.75) is 56.2 Å². The zero-order valence-corrected chi connectivity index (χ0v) is 26.4. The van der Waals surface area contributed by atoms with Crippen molar-refractivity contribution in [3.8, 4) is 0 Å². The molecule has 2 fully saturated rings. The van der Waals surface area contributed by atoms with Crippen molar-refractivity contribution in [3.05, 3.63) is 84.5 Å². The van der Waals surface area contributed by atoms with Crippen molar-refractivity contribution in [1.29, 1.82) is 0 Å². The summed E-state index contributed by atoms with van der Waals surface area (Å²) >= 11 is 0. The molecule has 0 bridgehead atoms. The fourth-order valence-electron chi connectivity index (χ4n) is 7.40. The van der Waals surface area contributed by atoms with E-state index >= 15 is 0 Å². The number of unbranched alkanes of at least 4 members (excludes halogenated alkanes) is 1. The van der Waals surface area contributed by atoms with Crippen molar-refractivity contribution in [2.75, 3.05) is 26.2 Å². The number of hydrogen-bond donors (Lipinski definition) is 2. The molecule has 250 valence electrons. The number of ether oxygens (including phenoxy) is 2. The highest BCUT2D eigenvalue weighted by atomic mass is 16.6. The minimum Gasteiger partial charge on any atom is -0.455 e. The molecule has 4 aliphatic rings. The molecule has 7 rings (SSSR count). The molecule has 13 nitrogen and oxygen atoms in total. The molecule has 0 radical (unpaired) electrons. The van der Waals surface area contributed by atoms with E-state index in [0.29, 0.717) is 30.3 Å². The predicted octanol–water partition coefficient (Wildman–Crippen LogP) is 1.89. The van der Waals surface area contributed by atoms with E-state index < -0.39 is 41.7 Å². The van der Waals surface area contributed by atoms with E-state index in [2.05, 4.69) is 15.6 Å². The first-order valence-electron chi connectivity index (χ1n) is 16.4. The number of nitrogens with one attached hydrogen (secondary N) is 1. The van der Waals surface area contributed by atoms with Gasteiger partial charge in [-0.2, -0.15) is 0 Å². The average Bonchev–Trinajstić information content (AvgIpc) is 3.69. The van der Waals surface area contributed by atoms with E-state index in [4.69, 9.17) is 9.47 Å².